The Kier molecular flexibility index (Phi) is 4.89. The van der Waals surface area contributed by atoms with E-state index in [2.05, 4.69) is 24.1 Å². The SMILES string of the molecule is CCC(C)C(C)(O)CNCc1cnc(C)s1. The van der Waals surface area contributed by atoms with Gasteiger partial charge in [-0.05, 0) is 19.8 Å². The highest BCUT2D eigenvalue weighted by Crippen LogP contribution is 2.19. The lowest BCUT2D eigenvalue weighted by molar-refractivity contribution is 0.00539. The van der Waals surface area contributed by atoms with Crippen molar-refractivity contribution in [2.24, 2.45) is 5.92 Å². The molecule has 0 aliphatic carbocycles. The smallest absolute Gasteiger partial charge is 0.0897 e. The van der Waals surface area contributed by atoms with Crippen LogP contribution in [0.25, 0.3) is 0 Å². The molecule has 4 heteroatoms. The molecule has 0 spiro atoms. The van der Waals surface area contributed by atoms with Crippen LogP contribution < -0.4 is 5.32 Å². The first-order valence-electron chi connectivity index (χ1n) is 5.80. The van der Waals surface area contributed by atoms with E-state index in [9.17, 15) is 5.11 Å². The first-order chi connectivity index (χ1) is 7.45. The van der Waals surface area contributed by atoms with Gasteiger partial charge in [0.25, 0.3) is 0 Å². The number of nitrogens with one attached hydrogen (secondary N) is 1. The number of rotatable bonds is 6. The Morgan fingerprint density at radius 1 is 1.62 bits per heavy atom. The van der Waals surface area contributed by atoms with Gasteiger partial charge >= 0.3 is 0 Å². The Bertz CT molecular complexity index is 323. The minimum atomic E-state index is -0.630. The van der Waals surface area contributed by atoms with Crippen LogP contribution in [0.1, 0.15) is 37.1 Å². The van der Waals surface area contributed by atoms with Gasteiger partial charge < -0.3 is 10.4 Å². The van der Waals surface area contributed by atoms with Crippen molar-refractivity contribution < 1.29 is 5.11 Å². The third-order valence-corrected chi connectivity index (χ3v) is 4.04. The molecule has 1 heterocycles. The standard InChI is InChI=1S/C12H22N2OS/c1-5-9(2)12(4,15)8-13-6-11-7-14-10(3)16-11/h7,9,13,15H,5-6,8H2,1-4H3. The van der Waals surface area contributed by atoms with Gasteiger partial charge in [-0.25, -0.2) is 4.98 Å². The van der Waals surface area contributed by atoms with E-state index in [-0.39, 0.29) is 0 Å². The van der Waals surface area contributed by atoms with Gasteiger partial charge in [-0.15, -0.1) is 11.3 Å². The van der Waals surface area contributed by atoms with Crippen molar-refractivity contribution in [3.63, 3.8) is 0 Å². The Balaban J connectivity index is 2.35. The van der Waals surface area contributed by atoms with Gasteiger partial charge in [0, 0.05) is 24.2 Å². The van der Waals surface area contributed by atoms with Crippen molar-refractivity contribution >= 4 is 11.3 Å². The second-order valence-electron chi connectivity index (χ2n) is 4.62. The molecule has 92 valence electrons. The van der Waals surface area contributed by atoms with Gasteiger partial charge in [-0.1, -0.05) is 20.3 Å². The van der Waals surface area contributed by atoms with E-state index >= 15 is 0 Å². The van der Waals surface area contributed by atoms with E-state index in [4.69, 9.17) is 0 Å². The summed E-state index contributed by atoms with van der Waals surface area (Å²) in [7, 11) is 0. The predicted molar refractivity (Wildman–Crippen MR) is 68.6 cm³/mol. The summed E-state index contributed by atoms with van der Waals surface area (Å²) >= 11 is 1.70. The van der Waals surface area contributed by atoms with E-state index in [0.717, 1.165) is 18.0 Å². The molecule has 2 N–H and O–H groups in total. The Morgan fingerprint density at radius 3 is 2.81 bits per heavy atom. The molecule has 0 bridgehead atoms. The summed E-state index contributed by atoms with van der Waals surface area (Å²) in [6, 6.07) is 0. The summed E-state index contributed by atoms with van der Waals surface area (Å²) in [6.07, 6.45) is 2.89. The van der Waals surface area contributed by atoms with Crippen LogP contribution in [0.4, 0.5) is 0 Å². The van der Waals surface area contributed by atoms with Crippen molar-refractivity contribution in [3.8, 4) is 0 Å². The van der Waals surface area contributed by atoms with Crippen LogP contribution in [0.2, 0.25) is 0 Å². The number of aromatic nitrogens is 1. The molecular formula is C12H22N2OS. The van der Waals surface area contributed by atoms with Crippen LogP contribution in [0.5, 0.6) is 0 Å². The molecule has 3 nitrogen and oxygen atoms in total. The average Bonchev–Trinajstić information content (AvgIpc) is 2.62. The minimum Gasteiger partial charge on any atom is -0.389 e. The third kappa shape index (κ3) is 3.85. The van der Waals surface area contributed by atoms with E-state index in [1.807, 2.05) is 20.0 Å². The summed E-state index contributed by atoms with van der Waals surface area (Å²) in [5, 5.41) is 14.6. The minimum absolute atomic E-state index is 0.309. The van der Waals surface area contributed by atoms with E-state index in [1.165, 1.54) is 4.88 Å². The number of hydrogen-bond donors (Lipinski definition) is 2. The fraction of sp³-hybridized carbons (Fsp3) is 0.750. The molecular weight excluding hydrogens is 220 g/mol. The van der Waals surface area contributed by atoms with Crippen molar-refractivity contribution in [2.45, 2.75) is 46.3 Å². The number of thiazole rings is 1. The molecule has 1 rings (SSSR count). The van der Waals surface area contributed by atoms with Crippen molar-refractivity contribution in [1.29, 1.82) is 0 Å². The normalized spacial score (nSPS) is 17.1. The van der Waals surface area contributed by atoms with Gasteiger partial charge in [-0.2, -0.15) is 0 Å². The highest BCUT2D eigenvalue weighted by molar-refractivity contribution is 7.11. The van der Waals surface area contributed by atoms with Gasteiger partial charge in [0.1, 0.15) is 0 Å². The second-order valence-corrected chi connectivity index (χ2v) is 5.93. The lowest BCUT2D eigenvalue weighted by Gasteiger charge is -2.29. The molecule has 0 aromatic carbocycles. The quantitative estimate of drug-likeness (QED) is 0.805. The molecule has 0 radical (unpaired) electrons. The zero-order chi connectivity index (χ0) is 12.2. The van der Waals surface area contributed by atoms with Crippen LogP contribution >= 0.6 is 11.3 Å². The Morgan fingerprint density at radius 2 is 2.31 bits per heavy atom. The topological polar surface area (TPSA) is 45.1 Å². The predicted octanol–water partition coefficient (Wildman–Crippen LogP) is 2.34. The highest BCUT2D eigenvalue weighted by Gasteiger charge is 2.26. The highest BCUT2D eigenvalue weighted by atomic mass is 32.1. The molecule has 0 saturated heterocycles. The number of nitrogens with zero attached hydrogens (tertiary/aromatic N) is 1. The summed E-state index contributed by atoms with van der Waals surface area (Å²) in [5.74, 6) is 0.309. The fourth-order valence-electron chi connectivity index (χ4n) is 1.54. The molecule has 0 saturated carbocycles. The average molecular weight is 242 g/mol. The molecule has 0 aliphatic heterocycles. The van der Waals surface area contributed by atoms with Gasteiger partial charge in [0.15, 0.2) is 0 Å². The van der Waals surface area contributed by atoms with E-state index < -0.39 is 5.60 Å². The summed E-state index contributed by atoms with van der Waals surface area (Å²) in [4.78, 5) is 5.42. The molecule has 1 aromatic rings. The molecule has 0 aliphatic rings. The fourth-order valence-corrected chi connectivity index (χ4v) is 2.30. The third-order valence-electron chi connectivity index (χ3n) is 3.13. The Labute approximate surface area is 102 Å². The maximum absolute atomic E-state index is 10.2. The monoisotopic (exact) mass is 242 g/mol. The van der Waals surface area contributed by atoms with Crippen LogP contribution in [-0.2, 0) is 6.54 Å². The summed E-state index contributed by atoms with van der Waals surface area (Å²) < 4.78 is 0. The number of aliphatic hydroxyl groups is 1. The lowest BCUT2D eigenvalue weighted by atomic mass is 9.89. The maximum atomic E-state index is 10.2. The van der Waals surface area contributed by atoms with Crippen LogP contribution in [0, 0.1) is 12.8 Å². The molecule has 16 heavy (non-hydrogen) atoms. The van der Waals surface area contributed by atoms with Crippen molar-refractivity contribution in [3.05, 3.63) is 16.1 Å². The van der Waals surface area contributed by atoms with Crippen LogP contribution in [0.15, 0.2) is 6.20 Å². The van der Waals surface area contributed by atoms with Gasteiger partial charge in [0.05, 0.1) is 10.6 Å². The van der Waals surface area contributed by atoms with E-state index in [0.29, 0.717) is 12.5 Å². The van der Waals surface area contributed by atoms with E-state index in [1.54, 1.807) is 11.3 Å². The van der Waals surface area contributed by atoms with Crippen molar-refractivity contribution in [1.82, 2.24) is 10.3 Å². The maximum Gasteiger partial charge on any atom is 0.0897 e. The zero-order valence-electron chi connectivity index (χ0n) is 10.6. The van der Waals surface area contributed by atoms with Gasteiger partial charge in [-0.3, -0.25) is 0 Å². The molecule has 0 amide bonds. The summed E-state index contributed by atoms with van der Waals surface area (Å²) in [5.41, 5.74) is -0.630. The zero-order valence-corrected chi connectivity index (χ0v) is 11.4. The van der Waals surface area contributed by atoms with Crippen LogP contribution in [0.3, 0.4) is 0 Å². The molecule has 1 aromatic heterocycles. The largest absolute Gasteiger partial charge is 0.389 e. The molecule has 2 atom stereocenters. The second kappa shape index (κ2) is 5.75. The number of aryl methyl sites for hydroxylation is 1. The molecule has 2 unspecified atom stereocenters. The van der Waals surface area contributed by atoms with Gasteiger partial charge in [0.2, 0.25) is 0 Å². The first-order valence-corrected chi connectivity index (χ1v) is 6.61. The lowest BCUT2D eigenvalue weighted by Crippen LogP contribution is -2.42. The number of hydrogen-bond acceptors (Lipinski definition) is 4. The van der Waals surface area contributed by atoms with Crippen LogP contribution in [-0.4, -0.2) is 22.2 Å². The van der Waals surface area contributed by atoms with Crippen molar-refractivity contribution in [2.75, 3.05) is 6.54 Å². The Hall–Kier alpha value is -0.450. The molecule has 0 fully saturated rings. The summed E-state index contributed by atoms with van der Waals surface area (Å²) in [6.45, 7) is 9.50. The first kappa shape index (κ1) is 13.6.